The lowest BCUT2D eigenvalue weighted by atomic mass is 9.67. The Kier molecular flexibility index (Phi) is 6.13. The van der Waals surface area contributed by atoms with Crippen molar-refractivity contribution >= 4 is 32.4 Å². The average Bonchev–Trinajstić information content (AvgIpc) is 3.49. The van der Waals surface area contributed by atoms with Gasteiger partial charge in [0.05, 0.1) is 16.6 Å². The fourth-order valence-electron chi connectivity index (χ4n) is 8.25. The van der Waals surface area contributed by atoms with Crippen molar-refractivity contribution in [1.29, 1.82) is 0 Å². The summed E-state index contributed by atoms with van der Waals surface area (Å²) >= 11 is 0. The normalized spacial score (nSPS) is 13.1. The van der Waals surface area contributed by atoms with Crippen molar-refractivity contribution in [2.75, 3.05) is 0 Å². The zero-order chi connectivity index (χ0) is 32.4. The van der Waals surface area contributed by atoms with E-state index in [1.165, 1.54) is 54.9 Å². The Hall–Kier alpha value is -6.38. The van der Waals surface area contributed by atoms with Gasteiger partial charge in [0.25, 0.3) is 0 Å². The Balaban J connectivity index is 1.22. The van der Waals surface area contributed by atoms with E-state index in [-0.39, 0.29) is 0 Å². The third-order valence-corrected chi connectivity index (χ3v) is 10.3. The number of fused-ring (bicyclic) bond motifs is 8. The number of aromatic nitrogens is 2. The molecule has 0 amide bonds. The first kappa shape index (κ1) is 27.7. The molecule has 1 heterocycles. The fraction of sp³-hybridized carbons (Fsp3) is 0.0213. The van der Waals surface area contributed by atoms with Gasteiger partial charge >= 0.3 is 0 Å². The van der Waals surface area contributed by atoms with Crippen LogP contribution >= 0.6 is 0 Å². The van der Waals surface area contributed by atoms with Gasteiger partial charge in [0.2, 0.25) is 0 Å². The molecule has 2 heteroatoms. The lowest BCUT2D eigenvalue weighted by Gasteiger charge is -2.33. The van der Waals surface area contributed by atoms with Gasteiger partial charge in [0.15, 0.2) is 5.82 Å². The molecule has 228 valence electrons. The molecule has 10 rings (SSSR count). The first-order valence-electron chi connectivity index (χ1n) is 16.8. The zero-order valence-electron chi connectivity index (χ0n) is 26.7. The monoisotopic (exact) mass is 622 g/mol. The molecule has 1 aliphatic rings. The molecule has 0 unspecified atom stereocenters. The molecule has 0 spiro atoms. The zero-order valence-corrected chi connectivity index (χ0v) is 26.7. The van der Waals surface area contributed by atoms with E-state index in [0.29, 0.717) is 0 Å². The van der Waals surface area contributed by atoms with Gasteiger partial charge < -0.3 is 0 Å². The molecule has 49 heavy (non-hydrogen) atoms. The second-order valence-corrected chi connectivity index (χ2v) is 12.9. The highest BCUT2D eigenvalue weighted by Gasteiger charge is 2.46. The van der Waals surface area contributed by atoms with Gasteiger partial charge in [-0.15, -0.1) is 0 Å². The van der Waals surface area contributed by atoms with Crippen LogP contribution < -0.4 is 0 Å². The van der Waals surface area contributed by atoms with E-state index in [1.807, 2.05) is 0 Å². The molecule has 0 fully saturated rings. The van der Waals surface area contributed by atoms with Gasteiger partial charge in [-0.3, -0.25) is 0 Å². The minimum atomic E-state index is -0.421. The molecule has 0 saturated carbocycles. The first-order valence-corrected chi connectivity index (χ1v) is 16.8. The lowest BCUT2D eigenvalue weighted by Crippen LogP contribution is -2.28. The van der Waals surface area contributed by atoms with Crippen molar-refractivity contribution < 1.29 is 0 Å². The van der Waals surface area contributed by atoms with Crippen LogP contribution in [0, 0.1) is 0 Å². The molecule has 2 nitrogen and oxygen atoms in total. The molecule has 0 bridgehead atoms. The van der Waals surface area contributed by atoms with E-state index in [9.17, 15) is 0 Å². The molecule has 0 atom stereocenters. The molecule has 0 aliphatic heterocycles. The number of hydrogen-bond donors (Lipinski definition) is 0. The van der Waals surface area contributed by atoms with Crippen LogP contribution in [0.2, 0.25) is 0 Å². The number of nitrogens with zero attached hydrogens (tertiary/aromatic N) is 2. The minimum absolute atomic E-state index is 0.421. The summed E-state index contributed by atoms with van der Waals surface area (Å²) in [6, 6.07) is 65.5. The third kappa shape index (κ3) is 4.07. The molecule has 1 aromatic heterocycles. The molecule has 9 aromatic rings. The van der Waals surface area contributed by atoms with E-state index in [0.717, 1.165) is 33.5 Å². The third-order valence-electron chi connectivity index (χ3n) is 10.3. The van der Waals surface area contributed by atoms with Crippen molar-refractivity contribution in [3.63, 3.8) is 0 Å². The molecule has 0 saturated heterocycles. The van der Waals surface area contributed by atoms with Crippen molar-refractivity contribution in [3.8, 4) is 33.8 Å². The van der Waals surface area contributed by atoms with Crippen molar-refractivity contribution in [1.82, 2.24) is 9.97 Å². The van der Waals surface area contributed by atoms with Crippen LogP contribution in [0.5, 0.6) is 0 Å². The van der Waals surface area contributed by atoms with E-state index >= 15 is 0 Å². The lowest BCUT2D eigenvalue weighted by molar-refractivity contribution is 0.769. The maximum Gasteiger partial charge on any atom is 0.160 e. The average molecular weight is 623 g/mol. The first-order chi connectivity index (χ1) is 24.3. The maximum atomic E-state index is 5.30. The summed E-state index contributed by atoms with van der Waals surface area (Å²) in [7, 11) is 0. The predicted octanol–water partition coefficient (Wildman–Crippen LogP) is 11.6. The predicted molar refractivity (Wildman–Crippen MR) is 203 cm³/mol. The largest absolute Gasteiger partial charge is 0.228 e. The Morgan fingerprint density at radius 3 is 1.84 bits per heavy atom. The maximum absolute atomic E-state index is 5.30. The highest BCUT2D eigenvalue weighted by atomic mass is 14.9. The highest BCUT2D eigenvalue weighted by molar-refractivity contribution is 6.12. The van der Waals surface area contributed by atoms with E-state index in [2.05, 4.69) is 182 Å². The van der Waals surface area contributed by atoms with E-state index < -0.39 is 5.41 Å². The Labute approximate surface area is 285 Å². The van der Waals surface area contributed by atoms with Crippen LogP contribution in [-0.4, -0.2) is 9.97 Å². The van der Waals surface area contributed by atoms with Crippen LogP contribution in [-0.2, 0) is 5.41 Å². The quantitative estimate of drug-likeness (QED) is 0.183. The summed E-state index contributed by atoms with van der Waals surface area (Å²) in [5.74, 6) is 0.729. The second kappa shape index (κ2) is 10.8. The molecular weight excluding hydrogens is 593 g/mol. The molecule has 0 N–H and O–H groups in total. The molecule has 1 aliphatic carbocycles. The molecule has 0 radical (unpaired) electrons. The smallest absolute Gasteiger partial charge is 0.160 e. The standard InChI is InChI=1S/C47H30N2/c1-4-15-32(16-5-1)45-44-37-21-11-10-14-31(37)26-29-42(44)48-46(49-45)34-24-27-38-33(30-34)25-28-41-43(38)39-22-12-13-23-40(39)47(41,35-17-6-2-7-18-35)36-19-8-3-9-20-36/h1-30H. The van der Waals surface area contributed by atoms with Gasteiger partial charge in [-0.2, -0.15) is 0 Å². The van der Waals surface area contributed by atoms with Gasteiger partial charge in [-0.1, -0.05) is 170 Å². The summed E-state index contributed by atoms with van der Waals surface area (Å²) in [6.45, 7) is 0. The second-order valence-electron chi connectivity index (χ2n) is 12.9. The van der Waals surface area contributed by atoms with Gasteiger partial charge in [-0.25, -0.2) is 9.97 Å². The van der Waals surface area contributed by atoms with E-state index in [1.54, 1.807) is 0 Å². The summed E-state index contributed by atoms with van der Waals surface area (Å²) in [6.07, 6.45) is 0. The fourth-order valence-corrected chi connectivity index (χ4v) is 8.25. The summed E-state index contributed by atoms with van der Waals surface area (Å²) in [5.41, 5.74) is 11.3. The van der Waals surface area contributed by atoms with Crippen molar-refractivity contribution in [3.05, 3.63) is 204 Å². The van der Waals surface area contributed by atoms with Crippen LogP contribution in [0.3, 0.4) is 0 Å². The van der Waals surface area contributed by atoms with Gasteiger partial charge in [0.1, 0.15) is 0 Å². The van der Waals surface area contributed by atoms with E-state index in [4.69, 9.17) is 9.97 Å². The highest BCUT2D eigenvalue weighted by Crippen LogP contribution is 2.57. The minimum Gasteiger partial charge on any atom is -0.228 e. The number of benzene rings is 8. The Morgan fingerprint density at radius 1 is 0.408 bits per heavy atom. The molecular formula is C47H30N2. The van der Waals surface area contributed by atoms with Crippen LogP contribution in [0.15, 0.2) is 182 Å². The summed E-state index contributed by atoms with van der Waals surface area (Å²) in [5, 5.41) is 5.84. The Bertz CT molecular complexity index is 2660. The van der Waals surface area contributed by atoms with Crippen molar-refractivity contribution in [2.24, 2.45) is 0 Å². The SMILES string of the molecule is c1ccc(-c2nc(-c3ccc4c5c(ccc4c3)C(c3ccccc3)(c3ccccc3)c3ccccc3-5)nc3ccc4ccccc4c23)cc1. The van der Waals surface area contributed by atoms with Crippen LogP contribution in [0.1, 0.15) is 22.3 Å². The van der Waals surface area contributed by atoms with Crippen LogP contribution in [0.25, 0.3) is 66.2 Å². The number of hydrogen-bond acceptors (Lipinski definition) is 2. The van der Waals surface area contributed by atoms with Crippen molar-refractivity contribution in [2.45, 2.75) is 5.41 Å². The van der Waals surface area contributed by atoms with Gasteiger partial charge in [-0.05, 0) is 67.1 Å². The Morgan fingerprint density at radius 2 is 1.06 bits per heavy atom. The summed E-state index contributed by atoms with van der Waals surface area (Å²) < 4.78 is 0. The molecule has 8 aromatic carbocycles. The van der Waals surface area contributed by atoms with Crippen LogP contribution in [0.4, 0.5) is 0 Å². The topological polar surface area (TPSA) is 25.8 Å². The number of rotatable bonds is 4. The summed E-state index contributed by atoms with van der Waals surface area (Å²) in [4.78, 5) is 10.5. The van der Waals surface area contributed by atoms with Gasteiger partial charge in [0, 0.05) is 16.5 Å².